The van der Waals surface area contributed by atoms with Crippen molar-refractivity contribution in [1.29, 1.82) is 0 Å². The lowest BCUT2D eigenvalue weighted by atomic mass is 10.3. The molecule has 2 atom stereocenters. The topological polar surface area (TPSA) is 40.5 Å². The smallest absolute Gasteiger partial charge is 0.310 e. The first kappa shape index (κ1) is 11.9. The monoisotopic (exact) mass is 191 g/mol. The lowest BCUT2D eigenvalue weighted by Crippen LogP contribution is -2.27. The van der Waals surface area contributed by atoms with Crippen LogP contribution in [0.4, 0.5) is 0 Å². The van der Waals surface area contributed by atoms with Crippen LogP contribution in [0.15, 0.2) is 0 Å². The van der Waals surface area contributed by atoms with Gasteiger partial charge in [0.05, 0.1) is 5.66 Å². The van der Waals surface area contributed by atoms with Crippen LogP contribution in [-0.2, 0) is 4.79 Å². The number of carboxylic acids is 1. The lowest BCUT2D eigenvalue weighted by molar-refractivity contribution is -0.136. The summed E-state index contributed by atoms with van der Waals surface area (Å²) in [5.41, 5.74) is -0.300. The van der Waals surface area contributed by atoms with E-state index in [1.165, 1.54) is 0 Å². The van der Waals surface area contributed by atoms with E-state index < -0.39 is 5.97 Å². The van der Waals surface area contributed by atoms with Crippen LogP contribution in [0.1, 0.15) is 20.3 Å². The molecule has 0 aromatic carbocycles. The van der Waals surface area contributed by atoms with E-state index in [-0.39, 0.29) is 5.66 Å². The lowest BCUT2D eigenvalue weighted by Gasteiger charge is -2.18. The van der Waals surface area contributed by atoms with E-state index in [2.05, 4.69) is 28.0 Å². The molecule has 72 valence electrons. The SMILES string of the molecule is CCN(CC)CCC(P)C(=O)O. The van der Waals surface area contributed by atoms with Crippen molar-refractivity contribution in [3.8, 4) is 0 Å². The molecule has 0 heterocycles. The fourth-order valence-electron chi connectivity index (χ4n) is 0.985. The first-order valence-corrected chi connectivity index (χ1v) is 4.99. The van der Waals surface area contributed by atoms with Crippen LogP contribution in [-0.4, -0.2) is 41.3 Å². The Bertz CT molecular complexity index is 137. The Labute approximate surface area is 76.3 Å². The van der Waals surface area contributed by atoms with E-state index in [1.54, 1.807) is 0 Å². The summed E-state index contributed by atoms with van der Waals surface area (Å²) in [5, 5.41) is 8.60. The Morgan fingerprint density at radius 2 is 2.00 bits per heavy atom. The first-order chi connectivity index (χ1) is 5.61. The number of nitrogens with zero attached hydrogens (tertiary/aromatic N) is 1. The van der Waals surface area contributed by atoms with Crippen LogP contribution in [0.25, 0.3) is 0 Å². The van der Waals surface area contributed by atoms with Crippen molar-refractivity contribution in [2.45, 2.75) is 25.9 Å². The Hall–Kier alpha value is -0.140. The minimum atomic E-state index is -0.729. The number of carboxylic acid groups (broad SMARTS) is 1. The second-order valence-corrected chi connectivity index (χ2v) is 3.57. The third kappa shape index (κ3) is 4.68. The quantitative estimate of drug-likeness (QED) is 0.638. The zero-order chi connectivity index (χ0) is 9.56. The van der Waals surface area contributed by atoms with Crippen LogP contribution in [0.5, 0.6) is 0 Å². The van der Waals surface area contributed by atoms with E-state index in [0.717, 1.165) is 19.6 Å². The van der Waals surface area contributed by atoms with Gasteiger partial charge in [-0.3, -0.25) is 4.79 Å². The number of aliphatic carboxylic acids is 1. The van der Waals surface area contributed by atoms with Crippen LogP contribution >= 0.6 is 9.24 Å². The summed E-state index contributed by atoms with van der Waals surface area (Å²) in [6.07, 6.45) is 0.710. The van der Waals surface area contributed by atoms with E-state index in [0.29, 0.717) is 6.42 Å². The molecule has 0 aliphatic heterocycles. The average molecular weight is 191 g/mol. The molecule has 0 saturated carbocycles. The summed E-state index contributed by atoms with van der Waals surface area (Å²) in [6.45, 7) is 7.03. The van der Waals surface area contributed by atoms with Crippen LogP contribution < -0.4 is 0 Å². The molecular formula is C8H18NO2P. The van der Waals surface area contributed by atoms with Gasteiger partial charge in [0.2, 0.25) is 0 Å². The molecule has 0 fully saturated rings. The summed E-state index contributed by atoms with van der Waals surface area (Å²) in [7, 11) is 2.35. The number of carbonyl (C=O) groups is 1. The zero-order valence-electron chi connectivity index (χ0n) is 7.79. The van der Waals surface area contributed by atoms with Crippen molar-refractivity contribution in [2.75, 3.05) is 19.6 Å². The van der Waals surface area contributed by atoms with E-state index >= 15 is 0 Å². The molecule has 2 unspecified atom stereocenters. The van der Waals surface area contributed by atoms with Gasteiger partial charge in [-0.15, -0.1) is 9.24 Å². The predicted molar refractivity (Wildman–Crippen MR) is 53.5 cm³/mol. The molecule has 4 heteroatoms. The van der Waals surface area contributed by atoms with Crippen molar-refractivity contribution in [2.24, 2.45) is 0 Å². The number of rotatable bonds is 6. The minimum Gasteiger partial charge on any atom is -0.481 e. The molecule has 0 aliphatic rings. The highest BCUT2D eigenvalue weighted by atomic mass is 31.0. The molecule has 0 radical (unpaired) electrons. The van der Waals surface area contributed by atoms with Gasteiger partial charge < -0.3 is 10.0 Å². The molecule has 12 heavy (non-hydrogen) atoms. The van der Waals surface area contributed by atoms with Crippen LogP contribution in [0, 0.1) is 0 Å². The van der Waals surface area contributed by atoms with Gasteiger partial charge >= 0.3 is 5.97 Å². The number of hydrogen-bond donors (Lipinski definition) is 1. The van der Waals surface area contributed by atoms with Gasteiger partial charge in [0.1, 0.15) is 0 Å². The van der Waals surface area contributed by atoms with Crippen molar-refractivity contribution in [1.82, 2.24) is 4.90 Å². The number of hydrogen-bond acceptors (Lipinski definition) is 2. The van der Waals surface area contributed by atoms with Crippen LogP contribution in [0.3, 0.4) is 0 Å². The van der Waals surface area contributed by atoms with E-state index in [1.807, 2.05) is 0 Å². The molecule has 0 aromatic rings. The largest absolute Gasteiger partial charge is 0.481 e. The van der Waals surface area contributed by atoms with Crippen molar-refractivity contribution >= 4 is 15.2 Å². The fraction of sp³-hybridized carbons (Fsp3) is 0.875. The summed E-state index contributed by atoms with van der Waals surface area (Å²) >= 11 is 0. The predicted octanol–water partition coefficient (Wildman–Crippen LogP) is 1.05. The Morgan fingerprint density at radius 1 is 1.50 bits per heavy atom. The van der Waals surface area contributed by atoms with E-state index in [4.69, 9.17) is 5.11 Å². The summed E-state index contributed by atoms with van der Waals surface area (Å²) in [5.74, 6) is -0.729. The molecule has 3 nitrogen and oxygen atoms in total. The maximum Gasteiger partial charge on any atom is 0.310 e. The Morgan fingerprint density at radius 3 is 2.33 bits per heavy atom. The minimum absolute atomic E-state index is 0.300. The third-order valence-electron chi connectivity index (χ3n) is 1.97. The molecular weight excluding hydrogens is 173 g/mol. The Balaban J connectivity index is 3.58. The Kier molecular flexibility index (Phi) is 6.31. The highest BCUT2D eigenvalue weighted by Gasteiger charge is 2.11. The highest BCUT2D eigenvalue weighted by molar-refractivity contribution is 7.19. The van der Waals surface area contributed by atoms with Crippen LogP contribution in [0.2, 0.25) is 0 Å². The zero-order valence-corrected chi connectivity index (χ0v) is 8.94. The molecule has 0 aromatic heterocycles. The average Bonchev–Trinajstić information content (AvgIpc) is 2.05. The molecule has 0 rings (SSSR count). The summed E-state index contributed by atoms with van der Waals surface area (Å²) < 4.78 is 0. The van der Waals surface area contributed by atoms with Gasteiger partial charge in [-0.2, -0.15) is 0 Å². The third-order valence-corrected chi connectivity index (χ3v) is 2.59. The molecule has 0 spiro atoms. The second kappa shape index (κ2) is 6.38. The summed E-state index contributed by atoms with van der Waals surface area (Å²) in [6, 6.07) is 0. The van der Waals surface area contributed by atoms with Gasteiger partial charge in [0.15, 0.2) is 0 Å². The van der Waals surface area contributed by atoms with Gasteiger partial charge in [-0.05, 0) is 26.1 Å². The molecule has 0 saturated heterocycles. The van der Waals surface area contributed by atoms with Gasteiger partial charge in [-0.25, -0.2) is 0 Å². The molecule has 0 bridgehead atoms. The normalized spacial score (nSPS) is 13.3. The molecule has 1 N–H and O–H groups in total. The van der Waals surface area contributed by atoms with Crippen molar-refractivity contribution in [3.05, 3.63) is 0 Å². The molecule has 0 aliphatic carbocycles. The van der Waals surface area contributed by atoms with E-state index in [9.17, 15) is 4.79 Å². The van der Waals surface area contributed by atoms with Gasteiger partial charge in [0.25, 0.3) is 0 Å². The standard InChI is InChI=1S/C8H18NO2P/c1-3-9(4-2)6-5-7(12)8(10)11/h7H,3-6,12H2,1-2H3,(H,10,11). The second-order valence-electron chi connectivity index (χ2n) is 2.76. The van der Waals surface area contributed by atoms with Crippen molar-refractivity contribution < 1.29 is 9.90 Å². The highest BCUT2D eigenvalue weighted by Crippen LogP contribution is 2.06. The van der Waals surface area contributed by atoms with Gasteiger partial charge in [0, 0.05) is 0 Å². The maximum atomic E-state index is 10.4. The first-order valence-electron chi connectivity index (χ1n) is 4.32. The fourth-order valence-corrected chi connectivity index (χ4v) is 1.13. The summed E-state index contributed by atoms with van der Waals surface area (Å²) in [4.78, 5) is 12.7. The van der Waals surface area contributed by atoms with Gasteiger partial charge in [-0.1, -0.05) is 13.8 Å². The maximum absolute atomic E-state index is 10.4. The molecule has 0 amide bonds. The van der Waals surface area contributed by atoms with Crippen molar-refractivity contribution in [3.63, 3.8) is 0 Å².